The summed E-state index contributed by atoms with van der Waals surface area (Å²) in [5, 5.41) is 0. The van der Waals surface area contributed by atoms with E-state index in [0.29, 0.717) is 0 Å². The number of nitrogens with one attached hydrogen (secondary N) is 1. The van der Waals surface area contributed by atoms with Gasteiger partial charge in [0.2, 0.25) is 0 Å². The van der Waals surface area contributed by atoms with E-state index in [0.717, 1.165) is 18.4 Å². The van der Waals surface area contributed by atoms with Gasteiger partial charge in [-0.2, -0.15) is 0 Å². The van der Waals surface area contributed by atoms with Gasteiger partial charge < -0.3 is 4.74 Å². The quantitative estimate of drug-likeness (QED) is 0.570. The first-order chi connectivity index (χ1) is 7.59. The highest BCUT2D eigenvalue weighted by Crippen LogP contribution is 2.23. The Morgan fingerprint density at radius 3 is 2.56 bits per heavy atom. The number of pyridine rings is 1. The first kappa shape index (κ1) is 13.1. The van der Waals surface area contributed by atoms with E-state index >= 15 is 0 Å². The number of hydrogen-bond acceptors (Lipinski definition) is 4. The molecule has 4 heteroatoms. The predicted molar refractivity (Wildman–Crippen MR) is 64.6 cm³/mol. The van der Waals surface area contributed by atoms with Crippen molar-refractivity contribution in [2.45, 2.75) is 38.3 Å². The molecule has 1 unspecified atom stereocenters. The molecule has 0 radical (unpaired) electrons. The summed E-state index contributed by atoms with van der Waals surface area (Å²) in [4.78, 5) is 3.99. The second kappa shape index (κ2) is 5.94. The third-order valence-electron chi connectivity index (χ3n) is 2.90. The van der Waals surface area contributed by atoms with E-state index in [1.54, 1.807) is 19.5 Å². The zero-order chi connectivity index (χ0) is 12.0. The minimum Gasteiger partial charge on any atom is -0.379 e. The molecule has 0 saturated heterocycles. The molecule has 16 heavy (non-hydrogen) atoms. The number of methoxy groups -OCH3 is 1. The smallest absolute Gasteiger partial charge is 0.0623 e. The van der Waals surface area contributed by atoms with Gasteiger partial charge in [0.25, 0.3) is 0 Å². The lowest BCUT2D eigenvalue weighted by atomic mass is 9.96. The number of hydrogen-bond donors (Lipinski definition) is 2. The fourth-order valence-electron chi connectivity index (χ4n) is 1.54. The van der Waals surface area contributed by atoms with Crippen LogP contribution < -0.4 is 11.3 Å². The Balaban J connectivity index is 2.57. The van der Waals surface area contributed by atoms with E-state index in [4.69, 9.17) is 10.6 Å². The van der Waals surface area contributed by atoms with Gasteiger partial charge in [-0.05, 0) is 44.4 Å². The molecule has 0 saturated carbocycles. The normalized spacial score (nSPS) is 13.8. The van der Waals surface area contributed by atoms with Crippen molar-refractivity contribution in [3.05, 3.63) is 30.1 Å². The molecule has 1 atom stereocenters. The molecule has 1 heterocycles. The zero-order valence-electron chi connectivity index (χ0n) is 10.2. The summed E-state index contributed by atoms with van der Waals surface area (Å²) in [6.45, 7) is 4.15. The Morgan fingerprint density at radius 1 is 1.44 bits per heavy atom. The number of ether oxygens (including phenoxy) is 1. The van der Waals surface area contributed by atoms with E-state index in [1.165, 1.54) is 0 Å². The molecule has 0 spiro atoms. The minimum absolute atomic E-state index is 0.109. The molecule has 0 aliphatic heterocycles. The van der Waals surface area contributed by atoms with Crippen molar-refractivity contribution in [1.82, 2.24) is 10.4 Å². The van der Waals surface area contributed by atoms with Crippen LogP contribution in [-0.2, 0) is 4.74 Å². The lowest BCUT2D eigenvalue weighted by molar-refractivity contribution is 0.0117. The van der Waals surface area contributed by atoms with Crippen molar-refractivity contribution >= 4 is 0 Å². The van der Waals surface area contributed by atoms with E-state index < -0.39 is 0 Å². The van der Waals surface area contributed by atoms with E-state index in [1.807, 2.05) is 12.1 Å². The second-order valence-corrected chi connectivity index (χ2v) is 4.50. The Bertz CT molecular complexity index is 300. The molecule has 0 aromatic carbocycles. The monoisotopic (exact) mass is 223 g/mol. The summed E-state index contributed by atoms with van der Waals surface area (Å²) in [6.07, 6.45) is 5.43. The summed E-state index contributed by atoms with van der Waals surface area (Å²) in [6, 6.07) is 4.10. The van der Waals surface area contributed by atoms with Crippen LogP contribution in [0.4, 0.5) is 0 Å². The number of aromatic nitrogens is 1. The molecule has 1 aromatic heterocycles. The van der Waals surface area contributed by atoms with Gasteiger partial charge >= 0.3 is 0 Å². The molecular formula is C12H21N3O. The first-order valence-corrected chi connectivity index (χ1v) is 5.50. The first-order valence-electron chi connectivity index (χ1n) is 5.50. The van der Waals surface area contributed by atoms with E-state index in [2.05, 4.69) is 24.3 Å². The highest BCUT2D eigenvalue weighted by molar-refractivity contribution is 5.14. The summed E-state index contributed by atoms with van der Waals surface area (Å²) in [5.41, 5.74) is 3.88. The maximum atomic E-state index is 5.56. The Hall–Kier alpha value is -0.970. The molecule has 3 N–H and O–H groups in total. The van der Waals surface area contributed by atoms with Gasteiger partial charge in [-0.1, -0.05) is 0 Å². The zero-order valence-corrected chi connectivity index (χ0v) is 10.2. The molecule has 0 amide bonds. The van der Waals surface area contributed by atoms with Crippen LogP contribution in [0.25, 0.3) is 0 Å². The van der Waals surface area contributed by atoms with Crippen LogP contribution in [-0.4, -0.2) is 17.7 Å². The third kappa shape index (κ3) is 3.89. The summed E-state index contributed by atoms with van der Waals surface area (Å²) in [5.74, 6) is 5.56. The standard InChI is InChI=1S/C12H21N3O/c1-12(2,16-3)7-4-11(15-13)10-5-8-14-9-6-10/h5-6,8-9,11,15H,4,7,13H2,1-3H3. The maximum Gasteiger partial charge on any atom is 0.0623 e. The fourth-order valence-corrected chi connectivity index (χ4v) is 1.54. The Kier molecular flexibility index (Phi) is 4.86. The number of rotatable bonds is 6. The number of nitrogens with two attached hydrogens (primary N) is 1. The third-order valence-corrected chi connectivity index (χ3v) is 2.90. The van der Waals surface area contributed by atoms with Gasteiger partial charge in [0.1, 0.15) is 0 Å². The predicted octanol–water partition coefficient (Wildman–Crippen LogP) is 1.79. The van der Waals surface area contributed by atoms with Gasteiger partial charge in [0.05, 0.1) is 5.60 Å². The molecule has 1 aromatic rings. The lowest BCUT2D eigenvalue weighted by Gasteiger charge is -2.25. The van der Waals surface area contributed by atoms with Crippen LogP contribution in [0.5, 0.6) is 0 Å². The van der Waals surface area contributed by atoms with Crippen molar-refractivity contribution in [3.8, 4) is 0 Å². The Labute approximate surface area is 97.2 Å². The SMILES string of the molecule is COC(C)(C)CCC(NN)c1ccncc1. The largest absolute Gasteiger partial charge is 0.379 e. The van der Waals surface area contributed by atoms with Crippen LogP contribution in [0, 0.1) is 0 Å². The van der Waals surface area contributed by atoms with Crippen LogP contribution in [0.15, 0.2) is 24.5 Å². The highest BCUT2D eigenvalue weighted by Gasteiger charge is 2.19. The number of nitrogens with zero attached hydrogens (tertiary/aromatic N) is 1. The summed E-state index contributed by atoms with van der Waals surface area (Å²) >= 11 is 0. The fraction of sp³-hybridized carbons (Fsp3) is 0.583. The topological polar surface area (TPSA) is 60.2 Å². The van der Waals surface area contributed by atoms with Gasteiger partial charge in [0, 0.05) is 25.5 Å². The van der Waals surface area contributed by atoms with E-state index in [9.17, 15) is 0 Å². The van der Waals surface area contributed by atoms with Crippen molar-refractivity contribution in [3.63, 3.8) is 0 Å². The van der Waals surface area contributed by atoms with Crippen LogP contribution in [0.1, 0.15) is 38.3 Å². The molecule has 1 rings (SSSR count). The van der Waals surface area contributed by atoms with Crippen molar-refractivity contribution in [1.29, 1.82) is 0 Å². The average molecular weight is 223 g/mol. The maximum absolute atomic E-state index is 5.56. The molecule has 90 valence electrons. The lowest BCUT2D eigenvalue weighted by Crippen LogP contribution is -2.31. The van der Waals surface area contributed by atoms with Crippen molar-refractivity contribution in [2.75, 3.05) is 7.11 Å². The van der Waals surface area contributed by atoms with Crippen LogP contribution >= 0.6 is 0 Å². The van der Waals surface area contributed by atoms with Gasteiger partial charge in [-0.15, -0.1) is 0 Å². The summed E-state index contributed by atoms with van der Waals surface area (Å²) < 4.78 is 5.39. The molecular weight excluding hydrogens is 202 g/mol. The van der Waals surface area contributed by atoms with Gasteiger partial charge in [-0.25, -0.2) is 0 Å². The van der Waals surface area contributed by atoms with Crippen molar-refractivity contribution < 1.29 is 4.74 Å². The molecule has 0 aliphatic carbocycles. The number of hydrazine groups is 1. The summed E-state index contributed by atoms with van der Waals surface area (Å²) in [7, 11) is 1.73. The highest BCUT2D eigenvalue weighted by atomic mass is 16.5. The van der Waals surface area contributed by atoms with Gasteiger partial charge in [-0.3, -0.25) is 16.3 Å². The molecule has 0 fully saturated rings. The molecule has 0 bridgehead atoms. The Morgan fingerprint density at radius 2 is 2.06 bits per heavy atom. The minimum atomic E-state index is -0.109. The molecule has 0 aliphatic rings. The van der Waals surface area contributed by atoms with Crippen molar-refractivity contribution in [2.24, 2.45) is 5.84 Å². The van der Waals surface area contributed by atoms with Crippen LogP contribution in [0.2, 0.25) is 0 Å². The average Bonchev–Trinajstić information content (AvgIpc) is 2.31. The second-order valence-electron chi connectivity index (χ2n) is 4.50. The van der Waals surface area contributed by atoms with E-state index in [-0.39, 0.29) is 11.6 Å². The molecule has 4 nitrogen and oxygen atoms in total. The van der Waals surface area contributed by atoms with Crippen LogP contribution in [0.3, 0.4) is 0 Å². The van der Waals surface area contributed by atoms with Gasteiger partial charge in [0.15, 0.2) is 0 Å².